The first kappa shape index (κ1) is 11.9. The van der Waals surface area contributed by atoms with Gasteiger partial charge >= 0.3 is 0 Å². The zero-order valence-corrected chi connectivity index (χ0v) is 10.6. The lowest BCUT2D eigenvalue weighted by atomic mass is 10.2. The number of anilines is 1. The minimum absolute atomic E-state index is 0.0809. The third kappa shape index (κ3) is 2.65. The summed E-state index contributed by atoms with van der Waals surface area (Å²) in [4.78, 5) is 20.2. The first-order valence-electron chi connectivity index (χ1n) is 6.59. The summed E-state index contributed by atoms with van der Waals surface area (Å²) in [6.45, 7) is 0. The van der Waals surface area contributed by atoms with E-state index in [9.17, 15) is 4.79 Å². The van der Waals surface area contributed by atoms with Crippen molar-refractivity contribution in [2.75, 3.05) is 5.32 Å². The molecule has 1 N–H and O–H groups in total. The lowest BCUT2D eigenvalue weighted by molar-refractivity contribution is 0.743. The second kappa shape index (κ2) is 5.22. The molecule has 0 radical (unpaired) electrons. The van der Waals surface area contributed by atoms with Gasteiger partial charge in [0.2, 0.25) is 5.95 Å². The fourth-order valence-electron chi connectivity index (χ4n) is 2.41. The summed E-state index contributed by atoms with van der Waals surface area (Å²) in [5.41, 5.74) is 0.602. The molecule has 3 rings (SSSR count). The van der Waals surface area contributed by atoms with Crippen molar-refractivity contribution < 1.29 is 0 Å². The smallest absolute Gasteiger partial charge is 0.255 e. The van der Waals surface area contributed by atoms with Gasteiger partial charge in [-0.15, -0.1) is 0 Å². The van der Waals surface area contributed by atoms with Crippen LogP contribution in [0.2, 0.25) is 0 Å². The van der Waals surface area contributed by atoms with E-state index in [-0.39, 0.29) is 5.56 Å². The van der Waals surface area contributed by atoms with Crippen molar-refractivity contribution in [2.24, 2.45) is 0 Å². The first-order valence-corrected chi connectivity index (χ1v) is 6.59. The predicted molar refractivity (Wildman–Crippen MR) is 73.5 cm³/mol. The van der Waals surface area contributed by atoms with Gasteiger partial charge in [-0.05, 0) is 18.9 Å². The van der Waals surface area contributed by atoms with Crippen molar-refractivity contribution in [1.82, 2.24) is 14.5 Å². The van der Waals surface area contributed by atoms with Gasteiger partial charge in [0.15, 0.2) is 0 Å². The molecule has 1 aliphatic carbocycles. The number of rotatable bonds is 3. The molecule has 0 saturated heterocycles. The summed E-state index contributed by atoms with van der Waals surface area (Å²) in [6.07, 6.45) is 9.97. The van der Waals surface area contributed by atoms with E-state index in [1.165, 1.54) is 36.3 Å². The Hall–Kier alpha value is -2.17. The van der Waals surface area contributed by atoms with Gasteiger partial charge in [0.25, 0.3) is 5.56 Å². The highest BCUT2D eigenvalue weighted by molar-refractivity contribution is 5.33. The van der Waals surface area contributed by atoms with Crippen LogP contribution in [0.5, 0.6) is 0 Å². The average molecular weight is 256 g/mol. The molecular weight excluding hydrogens is 240 g/mol. The predicted octanol–water partition coefficient (Wildman–Crippen LogP) is 1.98. The normalized spacial score (nSPS) is 15.6. The van der Waals surface area contributed by atoms with E-state index in [4.69, 9.17) is 0 Å². The van der Waals surface area contributed by atoms with Crippen molar-refractivity contribution >= 4 is 5.95 Å². The molecule has 0 unspecified atom stereocenters. The molecule has 98 valence electrons. The second-order valence-electron chi connectivity index (χ2n) is 4.80. The van der Waals surface area contributed by atoms with Crippen LogP contribution in [0.3, 0.4) is 0 Å². The summed E-state index contributed by atoms with van der Waals surface area (Å²) >= 11 is 0. The molecule has 0 aliphatic heterocycles. The molecule has 0 aromatic carbocycles. The standard InChI is InChI=1S/C14H16N4O/c19-13-7-3-4-8-18(13)12-9-15-14(16-10-12)17-11-5-1-2-6-11/h3-4,7-11H,1-2,5-6H2,(H,15,16,17). The summed E-state index contributed by atoms with van der Waals surface area (Å²) in [5.74, 6) is 0.639. The van der Waals surface area contributed by atoms with E-state index in [0.29, 0.717) is 17.7 Å². The van der Waals surface area contributed by atoms with E-state index in [1.807, 2.05) is 6.07 Å². The molecule has 2 heterocycles. The topological polar surface area (TPSA) is 59.8 Å². The summed E-state index contributed by atoms with van der Waals surface area (Å²) in [6, 6.07) is 5.54. The van der Waals surface area contributed by atoms with Crippen LogP contribution in [0.25, 0.3) is 5.69 Å². The lowest BCUT2D eigenvalue weighted by Gasteiger charge is -2.11. The molecule has 1 fully saturated rings. The lowest BCUT2D eigenvalue weighted by Crippen LogP contribution is -2.18. The fourth-order valence-corrected chi connectivity index (χ4v) is 2.41. The monoisotopic (exact) mass is 256 g/mol. The van der Waals surface area contributed by atoms with Gasteiger partial charge in [-0.3, -0.25) is 9.36 Å². The Morgan fingerprint density at radius 2 is 1.89 bits per heavy atom. The Morgan fingerprint density at radius 1 is 1.16 bits per heavy atom. The zero-order valence-electron chi connectivity index (χ0n) is 10.6. The molecule has 19 heavy (non-hydrogen) atoms. The molecule has 5 nitrogen and oxygen atoms in total. The summed E-state index contributed by atoms with van der Waals surface area (Å²) < 4.78 is 1.53. The van der Waals surface area contributed by atoms with E-state index in [2.05, 4.69) is 15.3 Å². The van der Waals surface area contributed by atoms with Crippen LogP contribution >= 0.6 is 0 Å². The molecule has 1 saturated carbocycles. The quantitative estimate of drug-likeness (QED) is 0.912. The minimum Gasteiger partial charge on any atom is -0.351 e. The summed E-state index contributed by atoms with van der Waals surface area (Å²) in [7, 11) is 0. The van der Waals surface area contributed by atoms with Crippen LogP contribution in [0.4, 0.5) is 5.95 Å². The van der Waals surface area contributed by atoms with Crippen molar-refractivity contribution in [3.05, 3.63) is 47.1 Å². The zero-order chi connectivity index (χ0) is 13.1. The van der Waals surface area contributed by atoms with Crippen molar-refractivity contribution in [2.45, 2.75) is 31.7 Å². The van der Waals surface area contributed by atoms with Crippen LogP contribution in [-0.2, 0) is 0 Å². The third-order valence-corrected chi connectivity index (χ3v) is 3.43. The Morgan fingerprint density at radius 3 is 2.58 bits per heavy atom. The number of aromatic nitrogens is 3. The van der Waals surface area contributed by atoms with Crippen molar-refractivity contribution in [1.29, 1.82) is 0 Å². The van der Waals surface area contributed by atoms with Crippen molar-refractivity contribution in [3.63, 3.8) is 0 Å². The maximum Gasteiger partial charge on any atom is 0.255 e. The maximum absolute atomic E-state index is 11.7. The minimum atomic E-state index is -0.0809. The highest BCUT2D eigenvalue weighted by Gasteiger charge is 2.15. The van der Waals surface area contributed by atoms with E-state index in [0.717, 1.165) is 0 Å². The van der Waals surface area contributed by atoms with Gasteiger partial charge in [-0.2, -0.15) is 0 Å². The van der Waals surface area contributed by atoms with E-state index >= 15 is 0 Å². The van der Waals surface area contributed by atoms with Gasteiger partial charge in [0.1, 0.15) is 0 Å². The highest BCUT2D eigenvalue weighted by atomic mass is 16.1. The Bertz CT molecular complexity index is 599. The average Bonchev–Trinajstić information content (AvgIpc) is 2.93. The molecule has 0 spiro atoms. The number of nitrogens with zero attached hydrogens (tertiary/aromatic N) is 3. The first-order chi connectivity index (χ1) is 9.33. The molecule has 5 heteroatoms. The van der Waals surface area contributed by atoms with Gasteiger partial charge in [0.05, 0.1) is 18.1 Å². The van der Waals surface area contributed by atoms with Crippen LogP contribution in [0.1, 0.15) is 25.7 Å². The van der Waals surface area contributed by atoms with Gasteiger partial charge in [-0.1, -0.05) is 18.9 Å². The van der Waals surface area contributed by atoms with E-state index in [1.54, 1.807) is 24.7 Å². The van der Waals surface area contributed by atoms with Crippen molar-refractivity contribution in [3.8, 4) is 5.69 Å². The Kier molecular flexibility index (Phi) is 3.27. The molecule has 2 aromatic rings. The van der Waals surface area contributed by atoms with Crippen LogP contribution in [-0.4, -0.2) is 20.6 Å². The molecule has 0 atom stereocenters. The van der Waals surface area contributed by atoms with Crippen LogP contribution < -0.4 is 10.9 Å². The molecule has 0 bridgehead atoms. The van der Waals surface area contributed by atoms with Gasteiger partial charge in [-0.25, -0.2) is 9.97 Å². The highest BCUT2D eigenvalue weighted by Crippen LogP contribution is 2.20. The number of pyridine rings is 1. The van der Waals surface area contributed by atoms with Crippen LogP contribution in [0, 0.1) is 0 Å². The van der Waals surface area contributed by atoms with Crippen LogP contribution in [0.15, 0.2) is 41.6 Å². The molecular formula is C14H16N4O. The molecule has 2 aromatic heterocycles. The summed E-state index contributed by atoms with van der Waals surface area (Å²) in [5, 5.41) is 3.32. The van der Waals surface area contributed by atoms with Gasteiger partial charge in [0, 0.05) is 18.3 Å². The van der Waals surface area contributed by atoms with Gasteiger partial charge < -0.3 is 5.32 Å². The third-order valence-electron chi connectivity index (χ3n) is 3.43. The Balaban J connectivity index is 1.79. The number of hydrogen-bond acceptors (Lipinski definition) is 4. The largest absolute Gasteiger partial charge is 0.351 e. The number of hydrogen-bond donors (Lipinski definition) is 1. The molecule has 0 amide bonds. The Labute approximate surface area is 111 Å². The second-order valence-corrected chi connectivity index (χ2v) is 4.80. The van der Waals surface area contributed by atoms with E-state index < -0.39 is 0 Å². The number of nitrogens with one attached hydrogen (secondary N) is 1. The maximum atomic E-state index is 11.7. The molecule has 1 aliphatic rings. The fraction of sp³-hybridized carbons (Fsp3) is 0.357. The SMILES string of the molecule is O=c1ccccn1-c1cnc(NC2CCCC2)nc1.